The molecular formula is C16H14O6. The van der Waals surface area contributed by atoms with Crippen LogP contribution in [0.1, 0.15) is 27.6 Å². The number of esters is 1. The van der Waals surface area contributed by atoms with Crippen molar-refractivity contribution in [3.8, 4) is 0 Å². The van der Waals surface area contributed by atoms with Crippen molar-refractivity contribution in [2.75, 3.05) is 0 Å². The average Bonchev–Trinajstić information content (AvgIpc) is 2.46. The Morgan fingerprint density at radius 1 is 1.05 bits per heavy atom. The summed E-state index contributed by atoms with van der Waals surface area (Å²) in [5.41, 5.74) is -0.350. The molecule has 0 aliphatic heterocycles. The molecule has 0 heterocycles. The first-order valence-electron chi connectivity index (χ1n) is 6.15. The average molecular weight is 302 g/mol. The van der Waals surface area contributed by atoms with E-state index in [1.807, 2.05) is 0 Å². The van der Waals surface area contributed by atoms with Crippen LogP contribution in [0.25, 0.3) is 10.8 Å². The van der Waals surface area contributed by atoms with Gasteiger partial charge in [0, 0.05) is 6.92 Å². The Morgan fingerprint density at radius 2 is 1.68 bits per heavy atom. The summed E-state index contributed by atoms with van der Waals surface area (Å²) in [6, 6.07) is 9.72. The predicted octanol–water partition coefficient (Wildman–Crippen LogP) is 2.93. The van der Waals surface area contributed by atoms with E-state index in [-0.39, 0.29) is 17.1 Å². The van der Waals surface area contributed by atoms with Crippen LogP contribution in [0.5, 0.6) is 0 Å². The molecule has 114 valence electrons. The third kappa shape index (κ3) is 4.17. The molecule has 22 heavy (non-hydrogen) atoms. The van der Waals surface area contributed by atoms with Crippen LogP contribution in [0.3, 0.4) is 0 Å². The molecular weight excluding hydrogens is 288 g/mol. The van der Waals surface area contributed by atoms with Gasteiger partial charge in [-0.25, -0.2) is 9.59 Å². The molecule has 0 spiro atoms. The smallest absolute Gasteiger partial charge is 0.337 e. The highest BCUT2D eigenvalue weighted by Gasteiger charge is 2.18. The zero-order valence-electron chi connectivity index (χ0n) is 11.8. The highest BCUT2D eigenvalue weighted by molar-refractivity contribution is 6.11. The maximum Gasteiger partial charge on any atom is 0.337 e. The Kier molecular flexibility index (Phi) is 5.83. The van der Waals surface area contributed by atoms with Gasteiger partial charge < -0.3 is 14.9 Å². The van der Waals surface area contributed by atoms with E-state index in [0.717, 1.165) is 6.26 Å². The van der Waals surface area contributed by atoms with E-state index in [9.17, 15) is 14.4 Å². The zero-order chi connectivity index (χ0) is 16.7. The molecule has 2 N–H and O–H groups in total. The van der Waals surface area contributed by atoms with Crippen molar-refractivity contribution >= 4 is 28.7 Å². The fourth-order valence-corrected chi connectivity index (χ4v) is 1.80. The summed E-state index contributed by atoms with van der Waals surface area (Å²) in [6.07, 6.45) is 1.10. The molecule has 0 saturated heterocycles. The summed E-state index contributed by atoms with van der Waals surface area (Å²) in [6.45, 7) is 4.48. The fraction of sp³-hybridized carbons (Fsp3) is 0.0625. The number of rotatable bonds is 3. The lowest BCUT2D eigenvalue weighted by molar-refractivity contribution is -0.135. The molecule has 0 aliphatic carbocycles. The highest BCUT2D eigenvalue weighted by atomic mass is 16.5. The number of carboxylic acid groups (broad SMARTS) is 2. The van der Waals surface area contributed by atoms with E-state index in [4.69, 9.17) is 10.2 Å². The monoisotopic (exact) mass is 302 g/mol. The lowest BCUT2D eigenvalue weighted by Gasteiger charge is -2.05. The maximum atomic E-state index is 11.1. The number of carbonyl (C=O) groups excluding carboxylic acids is 1. The van der Waals surface area contributed by atoms with Crippen molar-refractivity contribution in [2.24, 2.45) is 0 Å². The number of carboxylic acids is 2. The van der Waals surface area contributed by atoms with Gasteiger partial charge in [-0.2, -0.15) is 0 Å². The molecule has 0 unspecified atom stereocenters. The largest absolute Gasteiger partial charge is 0.478 e. The first-order chi connectivity index (χ1) is 10.4. The Bertz CT molecular complexity index is 732. The molecule has 0 bridgehead atoms. The van der Waals surface area contributed by atoms with Crippen molar-refractivity contribution in [2.45, 2.75) is 6.92 Å². The summed E-state index contributed by atoms with van der Waals surface area (Å²) in [4.78, 5) is 31.7. The van der Waals surface area contributed by atoms with Gasteiger partial charge in [0.15, 0.2) is 0 Å². The van der Waals surface area contributed by atoms with E-state index in [2.05, 4.69) is 11.3 Å². The fourth-order valence-electron chi connectivity index (χ4n) is 1.80. The second-order valence-corrected chi connectivity index (χ2v) is 4.10. The first-order valence-corrected chi connectivity index (χ1v) is 6.15. The number of hydrogen-bond acceptors (Lipinski definition) is 4. The minimum atomic E-state index is -1.23. The molecule has 2 aromatic rings. The van der Waals surface area contributed by atoms with Crippen molar-refractivity contribution in [1.82, 2.24) is 0 Å². The summed E-state index contributed by atoms with van der Waals surface area (Å²) in [7, 11) is 0. The Balaban J connectivity index is 0.000000346. The molecule has 6 nitrogen and oxygen atoms in total. The maximum absolute atomic E-state index is 11.1. The Morgan fingerprint density at radius 3 is 2.14 bits per heavy atom. The second-order valence-electron chi connectivity index (χ2n) is 4.10. The number of carbonyl (C=O) groups is 3. The Labute approximate surface area is 126 Å². The minimum absolute atomic E-state index is 0.161. The quantitative estimate of drug-likeness (QED) is 0.667. The van der Waals surface area contributed by atoms with E-state index >= 15 is 0 Å². The molecule has 0 atom stereocenters. The van der Waals surface area contributed by atoms with Crippen LogP contribution in [0.15, 0.2) is 49.2 Å². The lowest BCUT2D eigenvalue weighted by Crippen LogP contribution is -2.08. The first kappa shape index (κ1) is 16.9. The molecule has 2 aromatic carbocycles. The molecule has 0 aromatic heterocycles. The number of benzene rings is 2. The zero-order valence-corrected chi connectivity index (χ0v) is 11.8. The molecule has 0 fully saturated rings. The van der Waals surface area contributed by atoms with Crippen LogP contribution >= 0.6 is 0 Å². The van der Waals surface area contributed by atoms with Crippen molar-refractivity contribution in [3.63, 3.8) is 0 Å². The Hall–Kier alpha value is -3.15. The van der Waals surface area contributed by atoms with E-state index in [0.29, 0.717) is 10.8 Å². The van der Waals surface area contributed by atoms with Gasteiger partial charge in [0.05, 0.1) is 17.4 Å². The molecule has 2 rings (SSSR count). The van der Waals surface area contributed by atoms with E-state index in [1.165, 1.54) is 13.0 Å². The standard InChI is InChI=1S/C12H8O4.C4H6O2/c13-11(14)9-6-5-7-3-1-2-4-8(7)10(9)12(15)16;1-3-6-4(2)5/h1-6H,(H,13,14)(H,15,16);3H,1H2,2H3. The van der Waals surface area contributed by atoms with Crippen molar-refractivity contribution in [3.05, 3.63) is 60.4 Å². The van der Waals surface area contributed by atoms with Crippen LogP contribution in [0.4, 0.5) is 0 Å². The van der Waals surface area contributed by atoms with E-state index < -0.39 is 11.9 Å². The summed E-state index contributed by atoms with van der Waals surface area (Å²) < 4.78 is 4.17. The molecule has 6 heteroatoms. The second kappa shape index (κ2) is 7.58. The van der Waals surface area contributed by atoms with Gasteiger partial charge in [0.25, 0.3) is 0 Å². The van der Waals surface area contributed by atoms with Crippen LogP contribution in [-0.4, -0.2) is 28.1 Å². The normalized spacial score (nSPS) is 9.32. The van der Waals surface area contributed by atoms with Crippen LogP contribution in [-0.2, 0) is 9.53 Å². The number of fused-ring (bicyclic) bond motifs is 1. The topological polar surface area (TPSA) is 101 Å². The SMILES string of the molecule is C=COC(C)=O.O=C(O)c1ccc2ccccc2c1C(=O)O. The molecule has 0 radical (unpaired) electrons. The summed E-state index contributed by atoms with van der Waals surface area (Å²) >= 11 is 0. The van der Waals surface area contributed by atoms with Crippen LogP contribution in [0.2, 0.25) is 0 Å². The minimum Gasteiger partial charge on any atom is -0.478 e. The third-order valence-electron chi connectivity index (χ3n) is 2.62. The van der Waals surface area contributed by atoms with Gasteiger partial charge in [0.2, 0.25) is 0 Å². The predicted molar refractivity (Wildman–Crippen MR) is 79.8 cm³/mol. The van der Waals surface area contributed by atoms with E-state index in [1.54, 1.807) is 30.3 Å². The van der Waals surface area contributed by atoms with Crippen LogP contribution < -0.4 is 0 Å². The van der Waals surface area contributed by atoms with Gasteiger partial charge in [-0.1, -0.05) is 36.9 Å². The summed E-state index contributed by atoms with van der Waals surface area (Å²) in [5, 5.41) is 19.1. The van der Waals surface area contributed by atoms with Gasteiger partial charge in [-0.15, -0.1) is 0 Å². The highest BCUT2D eigenvalue weighted by Crippen LogP contribution is 2.22. The van der Waals surface area contributed by atoms with Gasteiger partial charge in [0.1, 0.15) is 0 Å². The summed E-state index contributed by atoms with van der Waals surface area (Å²) in [5.74, 6) is -2.79. The molecule has 0 saturated carbocycles. The molecule has 0 amide bonds. The van der Waals surface area contributed by atoms with Crippen molar-refractivity contribution in [1.29, 1.82) is 0 Å². The van der Waals surface area contributed by atoms with Gasteiger partial charge in [-0.3, -0.25) is 4.79 Å². The molecule has 0 aliphatic rings. The number of hydrogen-bond donors (Lipinski definition) is 2. The lowest BCUT2D eigenvalue weighted by atomic mass is 9.99. The number of aromatic carboxylic acids is 2. The van der Waals surface area contributed by atoms with Gasteiger partial charge in [-0.05, 0) is 16.8 Å². The third-order valence-corrected chi connectivity index (χ3v) is 2.62. The number of ether oxygens (including phenoxy) is 1. The van der Waals surface area contributed by atoms with Crippen LogP contribution in [0, 0.1) is 0 Å². The van der Waals surface area contributed by atoms with Crippen molar-refractivity contribution < 1.29 is 29.3 Å². The van der Waals surface area contributed by atoms with Gasteiger partial charge >= 0.3 is 17.9 Å².